The van der Waals surface area contributed by atoms with Gasteiger partial charge in [0.25, 0.3) is 0 Å². The molecule has 78 valence electrons. The van der Waals surface area contributed by atoms with Crippen LogP contribution in [0.4, 0.5) is 0 Å². The fourth-order valence-corrected chi connectivity index (χ4v) is 2.66. The van der Waals surface area contributed by atoms with Crippen molar-refractivity contribution in [2.24, 2.45) is 5.92 Å². The second-order valence-electron chi connectivity index (χ2n) is 3.73. The molecule has 1 amide bonds. The number of nitrogens with zero attached hydrogens (tertiary/aromatic N) is 2. The van der Waals surface area contributed by atoms with E-state index in [0.29, 0.717) is 6.54 Å². The molecule has 0 fully saturated rings. The standard InChI is InChI=1S/C11H12N2OS/c1-8(6-12)11(14)13-4-2-10-9(7-13)3-5-15-10/h3,5,8H,2,4,7H2,1H3. The molecule has 0 bridgehead atoms. The first-order chi connectivity index (χ1) is 7.22. The molecule has 1 aliphatic heterocycles. The summed E-state index contributed by atoms with van der Waals surface area (Å²) in [5, 5.41) is 10.8. The van der Waals surface area contributed by atoms with Gasteiger partial charge in [-0.2, -0.15) is 5.26 Å². The van der Waals surface area contributed by atoms with E-state index in [2.05, 4.69) is 11.4 Å². The van der Waals surface area contributed by atoms with Crippen molar-refractivity contribution >= 4 is 17.2 Å². The van der Waals surface area contributed by atoms with Crippen LogP contribution in [-0.4, -0.2) is 17.4 Å². The Morgan fingerprint density at radius 3 is 3.27 bits per heavy atom. The molecule has 1 aromatic rings. The van der Waals surface area contributed by atoms with Crippen LogP contribution in [-0.2, 0) is 17.8 Å². The van der Waals surface area contributed by atoms with Crippen LogP contribution >= 0.6 is 11.3 Å². The summed E-state index contributed by atoms with van der Waals surface area (Å²) >= 11 is 1.75. The van der Waals surface area contributed by atoms with Crippen molar-refractivity contribution in [1.29, 1.82) is 5.26 Å². The first-order valence-corrected chi connectivity index (χ1v) is 5.84. The fourth-order valence-electron chi connectivity index (χ4n) is 1.77. The first kappa shape index (κ1) is 10.2. The summed E-state index contributed by atoms with van der Waals surface area (Å²) in [6, 6.07) is 4.06. The molecule has 1 unspecified atom stereocenters. The number of hydrogen-bond donors (Lipinski definition) is 0. The first-order valence-electron chi connectivity index (χ1n) is 4.96. The third-order valence-corrected chi connectivity index (χ3v) is 3.71. The van der Waals surface area contributed by atoms with Crippen molar-refractivity contribution in [1.82, 2.24) is 4.90 Å². The summed E-state index contributed by atoms with van der Waals surface area (Å²) in [5.41, 5.74) is 1.24. The summed E-state index contributed by atoms with van der Waals surface area (Å²) in [5.74, 6) is -0.570. The van der Waals surface area contributed by atoms with Crippen LogP contribution in [0.5, 0.6) is 0 Å². The van der Waals surface area contributed by atoms with Crippen LogP contribution in [0.2, 0.25) is 0 Å². The van der Waals surface area contributed by atoms with E-state index < -0.39 is 5.92 Å². The van der Waals surface area contributed by atoms with E-state index in [1.54, 1.807) is 23.2 Å². The molecule has 0 aromatic carbocycles. The summed E-state index contributed by atoms with van der Waals surface area (Å²) in [4.78, 5) is 14.9. The van der Waals surface area contributed by atoms with E-state index in [1.807, 2.05) is 6.07 Å². The number of hydrogen-bond acceptors (Lipinski definition) is 3. The maximum absolute atomic E-state index is 11.8. The zero-order valence-electron chi connectivity index (χ0n) is 8.56. The van der Waals surface area contributed by atoms with Crippen molar-refractivity contribution in [3.05, 3.63) is 21.9 Å². The van der Waals surface area contributed by atoms with Gasteiger partial charge in [0.1, 0.15) is 5.92 Å². The Kier molecular flexibility index (Phi) is 2.74. The Morgan fingerprint density at radius 1 is 1.73 bits per heavy atom. The molecule has 1 aliphatic rings. The lowest BCUT2D eigenvalue weighted by Crippen LogP contribution is -2.38. The van der Waals surface area contributed by atoms with Gasteiger partial charge in [-0.05, 0) is 30.4 Å². The smallest absolute Gasteiger partial charge is 0.239 e. The molecule has 0 aliphatic carbocycles. The number of thiophene rings is 1. The van der Waals surface area contributed by atoms with Crippen molar-refractivity contribution in [3.8, 4) is 6.07 Å². The Balaban J connectivity index is 2.11. The van der Waals surface area contributed by atoms with Gasteiger partial charge < -0.3 is 4.90 Å². The quantitative estimate of drug-likeness (QED) is 0.724. The second kappa shape index (κ2) is 4.03. The lowest BCUT2D eigenvalue weighted by molar-refractivity contribution is -0.134. The number of nitriles is 1. The van der Waals surface area contributed by atoms with E-state index >= 15 is 0 Å². The molecule has 0 N–H and O–H groups in total. The molecular weight excluding hydrogens is 208 g/mol. The predicted molar refractivity (Wildman–Crippen MR) is 58.2 cm³/mol. The molecule has 15 heavy (non-hydrogen) atoms. The molecule has 0 spiro atoms. The summed E-state index contributed by atoms with van der Waals surface area (Å²) in [6.45, 7) is 3.08. The van der Waals surface area contributed by atoms with E-state index in [1.165, 1.54) is 10.4 Å². The van der Waals surface area contributed by atoms with Gasteiger partial charge in [-0.25, -0.2) is 0 Å². The van der Waals surface area contributed by atoms with Crippen LogP contribution in [0.15, 0.2) is 11.4 Å². The van der Waals surface area contributed by atoms with E-state index in [9.17, 15) is 4.79 Å². The largest absolute Gasteiger partial charge is 0.337 e. The fraction of sp³-hybridized carbons (Fsp3) is 0.455. The van der Waals surface area contributed by atoms with Crippen LogP contribution in [0.25, 0.3) is 0 Å². The summed E-state index contributed by atoms with van der Waals surface area (Å²) < 4.78 is 0. The highest BCUT2D eigenvalue weighted by molar-refractivity contribution is 7.10. The van der Waals surface area contributed by atoms with Crippen LogP contribution < -0.4 is 0 Å². The van der Waals surface area contributed by atoms with Gasteiger partial charge >= 0.3 is 0 Å². The minimum atomic E-state index is -0.523. The van der Waals surface area contributed by atoms with Gasteiger partial charge in [-0.3, -0.25) is 4.79 Å². The van der Waals surface area contributed by atoms with E-state index in [-0.39, 0.29) is 5.91 Å². The Labute approximate surface area is 92.9 Å². The summed E-state index contributed by atoms with van der Waals surface area (Å²) in [7, 11) is 0. The maximum atomic E-state index is 11.8. The Bertz CT molecular complexity index is 418. The topological polar surface area (TPSA) is 44.1 Å². The highest BCUT2D eigenvalue weighted by Crippen LogP contribution is 2.24. The van der Waals surface area contributed by atoms with Crippen molar-refractivity contribution < 1.29 is 4.79 Å². The zero-order valence-corrected chi connectivity index (χ0v) is 9.38. The van der Waals surface area contributed by atoms with Crippen molar-refractivity contribution in [3.63, 3.8) is 0 Å². The number of rotatable bonds is 1. The van der Waals surface area contributed by atoms with Gasteiger partial charge in [0.2, 0.25) is 5.91 Å². The monoisotopic (exact) mass is 220 g/mol. The SMILES string of the molecule is CC(C#N)C(=O)N1CCc2sccc2C1. The Hall–Kier alpha value is -1.34. The van der Waals surface area contributed by atoms with Gasteiger partial charge in [0, 0.05) is 18.0 Å². The number of fused-ring (bicyclic) bond motifs is 1. The number of amides is 1. The third kappa shape index (κ3) is 1.88. The second-order valence-corrected chi connectivity index (χ2v) is 4.73. The molecule has 3 nitrogen and oxygen atoms in total. The Morgan fingerprint density at radius 2 is 2.53 bits per heavy atom. The molecule has 1 aromatic heterocycles. The van der Waals surface area contributed by atoms with Crippen LogP contribution in [0.1, 0.15) is 17.4 Å². The third-order valence-electron chi connectivity index (χ3n) is 2.68. The van der Waals surface area contributed by atoms with Crippen molar-refractivity contribution in [2.75, 3.05) is 6.54 Å². The molecule has 0 radical (unpaired) electrons. The minimum Gasteiger partial charge on any atom is -0.337 e. The van der Waals surface area contributed by atoms with E-state index in [4.69, 9.17) is 5.26 Å². The summed E-state index contributed by atoms with van der Waals surface area (Å²) in [6.07, 6.45) is 0.927. The van der Waals surface area contributed by atoms with Crippen LogP contribution in [0.3, 0.4) is 0 Å². The maximum Gasteiger partial charge on any atom is 0.239 e. The lowest BCUT2D eigenvalue weighted by atomic mass is 10.1. The van der Waals surface area contributed by atoms with Crippen molar-refractivity contribution in [2.45, 2.75) is 19.9 Å². The molecule has 4 heteroatoms. The average Bonchev–Trinajstić information content (AvgIpc) is 2.73. The highest BCUT2D eigenvalue weighted by atomic mass is 32.1. The average molecular weight is 220 g/mol. The van der Waals surface area contributed by atoms with Gasteiger partial charge in [-0.15, -0.1) is 11.3 Å². The van der Waals surface area contributed by atoms with Gasteiger partial charge in [-0.1, -0.05) is 0 Å². The molecule has 2 rings (SSSR count). The molecule has 1 atom stereocenters. The van der Waals surface area contributed by atoms with Gasteiger partial charge in [0.15, 0.2) is 0 Å². The zero-order chi connectivity index (χ0) is 10.8. The minimum absolute atomic E-state index is 0.0469. The molecular formula is C11H12N2OS. The number of carbonyl (C=O) groups is 1. The lowest BCUT2D eigenvalue weighted by Gasteiger charge is -2.27. The van der Waals surface area contributed by atoms with Gasteiger partial charge in [0.05, 0.1) is 6.07 Å². The van der Waals surface area contributed by atoms with E-state index in [0.717, 1.165) is 13.0 Å². The normalized spacial score (nSPS) is 16.7. The molecule has 0 saturated carbocycles. The van der Waals surface area contributed by atoms with Crippen LogP contribution in [0, 0.1) is 17.2 Å². The molecule has 2 heterocycles. The molecule has 0 saturated heterocycles. The predicted octanol–water partition coefficient (Wildman–Crippen LogP) is 1.79. The highest BCUT2D eigenvalue weighted by Gasteiger charge is 2.24. The number of carbonyl (C=O) groups excluding carboxylic acids is 1.